The highest BCUT2D eigenvalue weighted by molar-refractivity contribution is 7.87. The van der Waals surface area contributed by atoms with E-state index in [0.717, 1.165) is 6.07 Å². The zero-order valence-electron chi connectivity index (χ0n) is 15.4. The SMILES string of the molecule is COc1cc(-c2nnn(CC3CCC(F)(F)CC3)n2)ccc1S(=O)(=O)OC(N)=O. The first-order valence-corrected chi connectivity index (χ1v) is 10.1. The van der Waals surface area contributed by atoms with Crippen molar-refractivity contribution >= 4 is 16.2 Å². The van der Waals surface area contributed by atoms with Crippen molar-refractivity contribution in [2.24, 2.45) is 11.7 Å². The molecule has 1 aliphatic rings. The second-order valence-electron chi connectivity index (χ2n) is 6.69. The number of ether oxygens (including phenoxy) is 1. The van der Waals surface area contributed by atoms with E-state index in [1.165, 1.54) is 24.0 Å². The standard InChI is InChI=1S/C16H19F2N5O5S/c1-27-12-8-11(2-3-13(12)29(25,26)28-15(19)24)14-20-22-23(21-14)9-10-4-6-16(17,18)7-5-10/h2-3,8,10H,4-7,9H2,1H3,(H2,19,24). The predicted octanol–water partition coefficient (Wildman–Crippen LogP) is 1.96. The van der Waals surface area contributed by atoms with Crippen molar-refractivity contribution in [2.75, 3.05) is 7.11 Å². The van der Waals surface area contributed by atoms with Crippen LogP contribution < -0.4 is 10.5 Å². The number of tetrazole rings is 1. The molecule has 1 aliphatic carbocycles. The van der Waals surface area contributed by atoms with Gasteiger partial charge in [0, 0.05) is 18.4 Å². The lowest BCUT2D eigenvalue weighted by Crippen LogP contribution is -2.27. The summed E-state index contributed by atoms with van der Waals surface area (Å²) in [7, 11) is -3.21. The van der Waals surface area contributed by atoms with E-state index in [9.17, 15) is 22.0 Å². The molecule has 0 radical (unpaired) electrons. The summed E-state index contributed by atoms with van der Waals surface area (Å²) >= 11 is 0. The number of rotatable bonds is 6. The van der Waals surface area contributed by atoms with Gasteiger partial charge in [0.2, 0.25) is 11.7 Å². The smallest absolute Gasteiger partial charge is 0.420 e. The summed E-state index contributed by atoms with van der Waals surface area (Å²) in [5.74, 6) is -2.47. The van der Waals surface area contributed by atoms with Gasteiger partial charge < -0.3 is 14.7 Å². The third-order valence-corrected chi connectivity index (χ3v) is 5.85. The van der Waals surface area contributed by atoms with Crippen LogP contribution in [-0.2, 0) is 20.8 Å². The maximum Gasteiger partial charge on any atom is 0.420 e. The van der Waals surface area contributed by atoms with Crippen LogP contribution in [0, 0.1) is 5.92 Å². The lowest BCUT2D eigenvalue weighted by atomic mass is 9.87. The van der Waals surface area contributed by atoms with Gasteiger partial charge >= 0.3 is 16.2 Å². The van der Waals surface area contributed by atoms with E-state index in [-0.39, 0.29) is 30.3 Å². The number of primary amides is 1. The number of nitrogens with two attached hydrogens (primary N) is 1. The van der Waals surface area contributed by atoms with Crippen LogP contribution in [-0.4, -0.2) is 47.8 Å². The largest absolute Gasteiger partial charge is 0.495 e. The number of alkyl halides is 2. The number of nitrogens with zero attached hydrogens (tertiary/aromatic N) is 4. The van der Waals surface area contributed by atoms with Crippen LogP contribution in [0.3, 0.4) is 0 Å². The third kappa shape index (κ3) is 4.96. The van der Waals surface area contributed by atoms with E-state index in [0.29, 0.717) is 24.9 Å². The summed E-state index contributed by atoms with van der Waals surface area (Å²) in [6, 6.07) is 3.90. The molecule has 29 heavy (non-hydrogen) atoms. The molecule has 0 atom stereocenters. The normalized spacial score (nSPS) is 17.1. The number of halogens is 2. The van der Waals surface area contributed by atoms with E-state index in [2.05, 4.69) is 19.6 Å². The highest BCUT2D eigenvalue weighted by atomic mass is 32.2. The minimum Gasteiger partial charge on any atom is -0.495 e. The Bertz CT molecular complexity index is 1000. The molecule has 3 rings (SSSR count). The maximum atomic E-state index is 13.3. The quantitative estimate of drug-likeness (QED) is 0.685. The molecule has 1 heterocycles. The molecule has 1 fully saturated rings. The van der Waals surface area contributed by atoms with Crippen molar-refractivity contribution in [2.45, 2.75) is 43.0 Å². The van der Waals surface area contributed by atoms with Gasteiger partial charge in [-0.05, 0) is 42.2 Å². The first kappa shape index (κ1) is 20.9. The molecule has 0 saturated heterocycles. The fourth-order valence-corrected chi connectivity index (χ4v) is 4.05. The van der Waals surface area contributed by atoms with Crippen molar-refractivity contribution in [3.05, 3.63) is 18.2 Å². The van der Waals surface area contributed by atoms with Crippen LogP contribution in [0.25, 0.3) is 11.4 Å². The number of benzene rings is 1. The molecule has 0 unspecified atom stereocenters. The van der Waals surface area contributed by atoms with Crippen LogP contribution in [0.5, 0.6) is 5.75 Å². The maximum absolute atomic E-state index is 13.3. The summed E-state index contributed by atoms with van der Waals surface area (Å²) in [6.07, 6.45) is -1.02. The molecule has 2 N–H and O–H groups in total. The fourth-order valence-electron chi connectivity index (χ4n) is 3.12. The van der Waals surface area contributed by atoms with Crippen molar-refractivity contribution in [3.8, 4) is 17.1 Å². The summed E-state index contributed by atoms with van der Waals surface area (Å²) < 4.78 is 59.8. The van der Waals surface area contributed by atoms with Gasteiger partial charge in [-0.25, -0.2) is 13.6 Å². The van der Waals surface area contributed by atoms with Crippen molar-refractivity contribution in [1.82, 2.24) is 20.2 Å². The van der Waals surface area contributed by atoms with Gasteiger partial charge in [-0.3, -0.25) is 0 Å². The number of hydrogen-bond donors (Lipinski definition) is 1. The van der Waals surface area contributed by atoms with E-state index in [1.807, 2.05) is 0 Å². The summed E-state index contributed by atoms with van der Waals surface area (Å²) in [5.41, 5.74) is 5.17. The number of aromatic nitrogens is 4. The lowest BCUT2D eigenvalue weighted by Gasteiger charge is -2.27. The van der Waals surface area contributed by atoms with E-state index in [1.54, 1.807) is 0 Å². The summed E-state index contributed by atoms with van der Waals surface area (Å²) in [6.45, 7) is 0.360. The van der Waals surface area contributed by atoms with Crippen LogP contribution in [0.4, 0.5) is 13.6 Å². The Morgan fingerprint density at radius 2 is 2.03 bits per heavy atom. The Hall–Kier alpha value is -2.83. The Morgan fingerprint density at radius 1 is 1.34 bits per heavy atom. The molecule has 158 valence electrons. The second kappa shape index (κ2) is 7.89. The monoisotopic (exact) mass is 431 g/mol. The van der Waals surface area contributed by atoms with Gasteiger partial charge in [0.1, 0.15) is 10.6 Å². The number of methoxy groups -OCH3 is 1. The Labute approximate surface area is 165 Å². The number of carbonyl (C=O) groups is 1. The molecule has 13 heteroatoms. The van der Waals surface area contributed by atoms with E-state index in [4.69, 9.17) is 10.5 Å². The highest BCUT2D eigenvalue weighted by Crippen LogP contribution is 2.36. The van der Waals surface area contributed by atoms with Gasteiger partial charge in [0.25, 0.3) is 0 Å². The van der Waals surface area contributed by atoms with Gasteiger partial charge in [-0.1, -0.05) is 0 Å². The molecule has 0 spiro atoms. The highest BCUT2D eigenvalue weighted by Gasteiger charge is 2.35. The van der Waals surface area contributed by atoms with Crippen molar-refractivity contribution < 1.29 is 30.9 Å². The third-order valence-electron chi connectivity index (χ3n) is 4.59. The molecular weight excluding hydrogens is 412 g/mol. The molecule has 0 bridgehead atoms. The minimum absolute atomic E-state index is 0.0321. The van der Waals surface area contributed by atoms with Crippen molar-refractivity contribution in [3.63, 3.8) is 0 Å². The summed E-state index contributed by atoms with van der Waals surface area (Å²) in [4.78, 5) is 11.7. The van der Waals surface area contributed by atoms with Gasteiger partial charge in [0.15, 0.2) is 0 Å². The number of amides is 1. The Kier molecular flexibility index (Phi) is 5.68. The van der Waals surface area contributed by atoms with E-state index < -0.39 is 27.0 Å². The molecule has 1 aromatic carbocycles. The van der Waals surface area contributed by atoms with Gasteiger partial charge in [-0.2, -0.15) is 13.2 Å². The predicted molar refractivity (Wildman–Crippen MR) is 94.6 cm³/mol. The molecule has 0 aliphatic heterocycles. The Balaban J connectivity index is 1.77. The van der Waals surface area contributed by atoms with E-state index >= 15 is 0 Å². The average Bonchev–Trinajstić information content (AvgIpc) is 3.10. The molecule has 1 amide bonds. The first-order valence-electron chi connectivity index (χ1n) is 8.67. The number of hydrogen-bond acceptors (Lipinski definition) is 8. The summed E-state index contributed by atoms with van der Waals surface area (Å²) in [5, 5.41) is 12.1. The lowest BCUT2D eigenvalue weighted by molar-refractivity contribution is -0.0480. The zero-order chi connectivity index (χ0) is 21.2. The van der Waals surface area contributed by atoms with Crippen LogP contribution >= 0.6 is 0 Å². The number of carbonyl (C=O) groups excluding carboxylic acids is 1. The molecule has 1 aromatic heterocycles. The Morgan fingerprint density at radius 3 is 2.66 bits per heavy atom. The fraction of sp³-hybridized carbons (Fsp3) is 0.500. The first-order chi connectivity index (χ1) is 13.6. The average molecular weight is 431 g/mol. The minimum atomic E-state index is -4.45. The van der Waals surface area contributed by atoms with Crippen LogP contribution in [0.15, 0.2) is 23.1 Å². The zero-order valence-corrected chi connectivity index (χ0v) is 16.2. The van der Waals surface area contributed by atoms with Crippen LogP contribution in [0.2, 0.25) is 0 Å². The van der Waals surface area contributed by atoms with Gasteiger partial charge in [-0.15, -0.1) is 10.2 Å². The molecule has 2 aromatic rings. The topological polar surface area (TPSA) is 139 Å². The molecule has 10 nitrogen and oxygen atoms in total. The van der Waals surface area contributed by atoms with Crippen molar-refractivity contribution in [1.29, 1.82) is 0 Å². The van der Waals surface area contributed by atoms with Gasteiger partial charge in [0.05, 0.1) is 13.7 Å². The second-order valence-corrected chi connectivity index (χ2v) is 8.20. The molecular formula is C16H19F2N5O5S. The van der Waals surface area contributed by atoms with Crippen LogP contribution in [0.1, 0.15) is 25.7 Å². The molecule has 1 saturated carbocycles.